The molecular formula is C16H22. The summed E-state index contributed by atoms with van der Waals surface area (Å²) in [5, 5.41) is 0. The summed E-state index contributed by atoms with van der Waals surface area (Å²) in [6, 6.07) is 11.3. The van der Waals surface area contributed by atoms with E-state index in [0.717, 1.165) is 5.92 Å². The van der Waals surface area contributed by atoms with Crippen molar-refractivity contribution < 1.29 is 0 Å². The lowest BCUT2D eigenvalue weighted by molar-refractivity contribution is 0.157. The predicted molar refractivity (Wildman–Crippen MR) is 68.6 cm³/mol. The Morgan fingerprint density at radius 3 is 2.12 bits per heavy atom. The van der Waals surface area contributed by atoms with Gasteiger partial charge in [0.2, 0.25) is 0 Å². The molecule has 1 aromatic rings. The van der Waals surface area contributed by atoms with Crippen LogP contribution in [0.1, 0.15) is 62.8 Å². The molecule has 16 heavy (non-hydrogen) atoms. The second-order valence-corrected chi connectivity index (χ2v) is 5.78. The highest BCUT2D eigenvalue weighted by Crippen LogP contribution is 2.56. The van der Waals surface area contributed by atoms with Gasteiger partial charge in [0, 0.05) is 0 Å². The average Bonchev–Trinajstić information content (AvgIpc) is 2.80. The Morgan fingerprint density at radius 1 is 0.812 bits per heavy atom. The standard InChI is InChI=1S/C16H22/c1-2-8-14(9-3-1)15-10-4-5-11-16(15)12-6-7-13-16/h1-3,8-9,15H,4-7,10-13H2. The van der Waals surface area contributed by atoms with Gasteiger partial charge in [-0.1, -0.05) is 56.0 Å². The summed E-state index contributed by atoms with van der Waals surface area (Å²) < 4.78 is 0. The van der Waals surface area contributed by atoms with Crippen LogP contribution in [0.2, 0.25) is 0 Å². The lowest BCUT2D eigenvalue weighted by Gasteiger charge is -2.42. The summed E-state index contributed by atoms with van der Waals surface area (Å²) in [5.74, 6) is 0.866. The van der Waals surface area contributed by atoms with Crippen molar-refractivity contribution in [1.29, 1.82) is 0 Å². The van der Waals surface area contributed by atoms with E-state index in [9.17, 15) is 0 Å². The van der Waals surface area contributed by atoms with Gasteiger partial charge in [0.15, 0.2) is 0 Å². The van der Waals surface area contributed by atoms with Crippen molar-refractivity contribution in [3.8, 4) is 0 Å². The third-order valence-corrected chi connectivity index (χ3v) is 4.96. The second kappa shape index (κ2) is 4.24. The molecule has 0 aromatic heterocycles. The topological polar surface area (TPSA) is 0 Å². The van der Waals surface area contributed by atoms with Gasteiger partial charge in [0.25, 0.3) is 0 Å². The number of hydrogen-bond donors (Lipinski definition) is 0. The zero-order valence-corrected chi connectivity index (χ0v) is 10.1. The smallest absolute Gasteiger partial charge is 0.0105 e. The maximum Gasteiger partial charge on any atom is -0.0105 e. The maximum absolute atomic E-state index is 2.36. The van der Waals surface area contributed by atoms with Crippen LogP contribution in [0, 0.1) is 5.41 Å². The summed E-state index contributed by atoms with van der Waals surface area (Å²) in [4.78, 5) is 0. The number of benzene rings is 1. The Hall–Kier alpha value is -0.780. The maximum atomic E-state index is 2.36. The molecule has 86 valence electrons. The molecule has 1 unspecified atom stereocenters. The van der Waals surface area contributed by atoms with Crippen LogP contribution in [0.15, 0.2) is 30.3 Å². The molecule has 2 aliphatic carbocycles. The monoisotopic (exact) mass is 214 g/mol. The second-order valence-electron chi connectivity index (χ2n) is 5.78. The van der Waals surface area contributed by atoms with Gasteiger partial charge < -0.3 is 0 Å². The van der Waals surface area contributed by atoms with Crippen LogP contribution in [0.25, 0.3) is 0 Å². The largest absolute Gasteiger partial charge is 0.0622 e. The number of rotatable bonds is 1. The molecule has 3 rings (SSSR count). The van der Waals surface area contributed by atoms with Gasteiger partial charge in [0.05, 0.1) is 0 Å². The van der Waals surface area contributed by atoms with Gasteiger partial charge in [-0.15, -0.1) is 0 Å². The third kappa shape index (κ3) is 1.69. The van der Waals surface area contributed by atoms with Crippen molar-refractivity contribution >= 4 is 0 Å². The molecule has 0 nitrogen and oxygen atoms in total. The summed E-state index contributed by atoms with van der Waals surface area (Å²) in [6.45, 7) is 0. The lowest BCUT2D eigenvalue weighted by atomic mass is 9.63. The molecule has 0 amide bonds. The molecule has 2 aliphatic rings. The zero-order chi connectivity index (χ0) is 10.8. The van der Waals surface area contributed by atoms with Crippen molar-refractivity contribution in [1.82, 2.24) is 0 Å². The fourth-order valence-electron chi connectivity index (χ4n) is 4.19. The minimum atomic E-state index is 0.694. The van der Waals surface area contributed by atoms with Gasteiger partial charge in [-0.25, -0.2) is 0 Å². The van der Waals surface area contributed by atoms with E-state index in [1.165, 1.54) is 51.4 Å². The van der Waals surface area contributed by atoms with Gasteiger partial charge >= 0.3 is 0 Å². The van der Waals surface area contributed by atoms with Gasteiger partial charge in [-0.3, -0.25) is 0 Å². The van der Waals surface area contributed by atoms with Crippen LogP contribution < -0.4 is 0 Å². The highest BCUT2D eigenvalue weighted by molar-refractivity contribution is 5.23. The molecule has 0 heteroatoms. The summed E-state index contributed by atoms with van der Waals surface area (Å²) in [7, 11) is 0. The van der Waals surface area contributed by atoms with Crippen molar-refractivity contribution in [3.05, 3.63) is 35.9 Å². The Kier molecular flexibility index (Phi) is 2.75. The first-order valence-corrected chi connectivity index (χ1v) is 6.96. The molecular weight excluding hydrogens is 192 g/mol. The van der Waals surface area contributed by atoms with Crippen LogP contribution in [-0.4, -0.2) is 0 Å². The Bertz CT molecular complexity index is 332. The quantitative estimate of drug-likeness (QED) is 0.623. The van der Waals surface area contributed by atoms with Crippen LogP contribution in [0.5, 0.6) is 0 Å². The van der Waals surface area contributed by atoms with Crippen molar-refractivity contribution in [2.45, 2.75) is 57.3 Å². The summed E-state index contributed by atoms with van der Waals surface area (Å²) in [5.41, 5.74) is 2.31. The molecule has 0 N–H and O–H groups in total. The molecule has 2 fully saturated rings. The Morgan fingerprint density at radius 2 is 1.44 bits per heavy atom. The first kappa shape index (κ1) is 10.4. The highest BCUT2D eigenvalue weighted by Gasteiger charge is 2.42. The molecule has 1 aromatic carbocycles. The lowest BCUT2D eigenvalue weighted by Crippen LogP contribution is -2.29. The minimum Gasteiger partial charge on any atom is -0.0622 e. The molecule has 1 atom stereocenters. The first-order valence-electron chi connectivity index (χ1n) is 6.96. The van der Waals surface area contributed by atoms with E-state index in [0.29, 0.717) is 5.41 Å². The fraction of sp³-hybridized carbons (Fsp3) is 0.625. The molecule has 0 radical (unpaired) electrons. The van der Waals surface area contributed by atoms with E-state index < -0.39 is 0 Å². The van der Waals surface area contributed by atoms with Gasteiger partial charge in [-0.05, 0) is 42.6 Å². The van der Waals surface area contributed by atoms with Crippen LogP contribution in [-0.2, 0) is 0 Å². The van der Waals surface area contributed by atoms with Gasteiger partial charge in [0.1, 0.15) is 0 Å². The molecule has 0 bridgehead atoms. The molecule has 2 saturated carbocycles. The Balaban J connectivity index is 1.91. The molecule has 0 saturated heterocycles. The zero-order valence-electron chi connectivity index (χ0n) is 10.1. The van der Waals surface area contributed by atoms with Gasteiger partial charge in [-0.2, -0.15) is 0 Å². The summed E-state index contributed by atoms with van der Waals surface area (Å²) in [6.07, 6.45) is 11.8. The van der Waals surface area contributed by atoms with E-state index in [-0.39, 0.29) is 0 Å². The first-order chi connectivity index (χ1) is 7.91. The van der Waals surface area contributed by atoms with Crippen molar-refractivity contribution in [2.75, 3.05) is 0 Å². The average molecular weight is 214 g/mol. The fourth-order valence-corrected chi connectivity index (χ4v) is 4.19. The van der Waals surface area contributed by atoms with Crippen molar-refractivity contribution in [3.63, 3.8) is 0 Å². The van der Waals surface area contributed by atoms with E-state index in [4.69, 9.17) is 0 Å². The molecule has 0 heterocycles. The van der Waals surface area contributed by atoms with Crippen LogP contribution in [0.3, 0.4) is 0 Å². The van der Waals surface area contributed by atoms with E-state index in [1.807, 2.05) is 0 Å². The van der Waals surface area contributed by atoms with E-state index >= 15 is 0 Å². The Labute approximate surface area is 99.1 Å². The molecule has 0 aliphatic heterocycles. The van der Waals surface area contributed by atoms with E-state index in [2.05, 4.69) is 30.3 Å². The SMILES string of the molecule is c1ccc(C2CCCCC23CCCC3)cc1. The number of hydrogen-bond acceptors (Lipinski definition) is 0. The highest BCUT2D eigenvalue weighted by atomic mass is 14.5. The van der Waals surface area contributed by atoms with Crippen LogP contribution >= 0.6 is 0 Å². The van der Waals surface area contributed by atoms with E-state index in [1.54, 1.807) is 5.56 Å². The van der Waals surface area contributed by atoms with Crippen molar-refractivity contribution in [2.24, 2.45) is 5.41 Å². The normalized spacial score (nSPS) is 28.4. The minimum absolute atomic E-state index is 0.694. The summed E-state index contributed by atoms with van der Waals surface area (Å²) >= 11 is 0. The van der Waals surface area contributed by atoms with Crippen LogP contribution in [0.4, 0.5) is 0 Å². The predicted octanol–water partition coefficient (Wildman–Crippen LogP) is 4.90. The third-order valence-electron chi connectivity index (χ3n) is 4.96. The molecule has 1 spiro atoms.